The van der Waals surface area contributed by atoms with Gasteiger partial charge in [-0.2, -0.15) is 0 Å². The van der Waals surface area contributed by atoms with Gasteiger partial charge in [0.15, 0.2) is 0 Å². The molecule has 0 radical (unpaired) electrons. The van der Waals surface area contributed by atoms with Gasteiger partial charge in [0.1, 0.15) is 5.75 Å². The molecule has 112 valence electrons. The molecule has 2 rings (SSSR count). The van der Waals surface area contributed by atoms with E-state index < -0.39 is 6.10 Å². The lowest BCUT2D eigenvalue weighted by atomic mass is 10.1. The number of hydrogen-bond donors (Lipinski definition) is 2. The van der Waals surface area contributed by atoms with Gasteiger partial charge in [-0.15, -0.1) is 0 Å². The zero-order valence-electron chi connectivity index (χ0n) is 11.2. The number of aliphatic hydroxyl groups excluding tert-OH is 1. The van der Waals surface area contributed by atoms with E-state index in [0.717, 1.165) is 11.3 Å². The number of halogens is 3. The van der Waals surface area contributed by atoms with Crippen LogP contribution in [0, 0.1) is 0 Å². The van der Waals surface area contributed by atoms with E-state index in [9.17, 15) is 5.11 Å². The van der Waals surface area contributed by atoms with E-state index in [1.807, 2.05) is 12.1 Å². The highest BCUT2D eigenvalue weighted by molar-refractivity contribution is 6.44. The van der Waals surface area contributed by atoms with E-state index in [4.69, 9.17) is 39.5 Å². The van der Waals surface area contributed by atoms with Crippen molar-refractivity contribution < 1.29 is 9.84 Å². The zero-order chi connectivity index (χ0) is 15.4. The van der Waals surface area contributed by atoms with E-state index in [2.05, 4.69) is 5.32 Å². The van der Waals surface area contributed by atoms with Crippen LogP contribution in [0.4, 0.5) is 5.69 Å². The highest BCUT2D eigenvalue weighted by atomic mass is 35.5. The Morgan fingerprint density at radius 2 is 1.67 bits per heavy atom. The summed E-state index contributed by atoms with van der Waals surface area (Å²) >= 11 is 17.9. The third kappa shape index (κ3) is 4.17. The smallest absolute Gasteiger partial charge is 0.118 e. The van der Waals surface area contributed by atoms with Crippen molar-refractivity contribution in [1.82, 2.24) is 0 Å². The Hall–Kier alpha value is -1.13. The fourth-order valence-corrected chi connectivity index (χ4v) is 2.42. The molecular weight excluding hydrogens is 333 g/mol. The molecule has 0 aliphatic heterocycles. The van der Waals surface area contributed by atoms with Crippen LogP contribution in [0.25, 0.3) is 0 Å². The second-order valence-corrected chi connectivity index (χ2v) is 5.64. The molecule has 1 atom stereocenters. The number of anilines is 1. The molecule has 2 aromatic carbocycles. The Balaban J connectivity index is 2.03. The summed E-state index contributed by atoms with van der Waals surface area (Å²) < 4.78 is 5.08. The third-order valence-corrected chi connectivity index (χ3v) is 4.03. The van der Waals surface area contributed by atoms with Gasteiger partial charge in [0.05, 0.1) is 34.0 Å². The largest absolute Gasteiger partial charge is 0.497 e. The molecule has 1 unspecified atom stereocenters. The van der Waals surface area contributed by atoms with Crippen molar-refractivity contribution in [2.75, 3.05) is 19.0 Å². The van der Waals surface area contributed by atoms with Gasteiger partial charge >= 0.3 is 0 Å². The molecule has 0 aliphatic rings. The molecule has 0 aromatic heterocycles. The van der Waals surface area contributed by atoms with Crippen LogP contribution in [0.3, 0.4) is 0 Å². The maximum atomic E-state index is 10.2. The number of aliphatic hydroxyl groups is 1. The van der Waals surface area contributed by atoms with Crippen molar-refractivity contribution in [3.8, 4) is 5.75 Å². The minimum absolute atomic E-state index is 0.296. The second-order valence-electron chi connectivity index (χ2n) is 4.42. The Morgan fingerprint density at radius 1 is 1.05 bits per heavy atom. The molecular formula is C15H14Cl3NO2. The minimum atomic E-state index is -0.679. The van der Waals surface area contributed by atoms with E-state index in [0.29, 0.717) is 27.3 Å². The predicted molar refractivity (Wildman–Crippen MR) is 87.9 cm³/mol. The second kappa shape index (κ2) is 7.23. The lowest BCUT2D eigenvalue weighted by molar-refractivity contribution is 0.191. The van der Waals surface area contributed by atoms with Crippen molar-refractivity contribution >= 4 is 40.5 Å². The number of methoxy groups -OCH3 is 1. The Bertz CT molecular complexity index is 617. The van der Waals surface area contributed by atoms with E-state index >= 15 is 0 Å². The highest BCUT2D eigenvalue weighted by Gasteiger charge is 2.10. The Morgan fingerprint density at radius 3 is 2.29 bits per heavy atom. The van der Waals surface area contributed by atoms with Gasteiger partial charge in [-0.25, -0.2) is 0 Å². The monoisotopic (exact) mass is 345 g/mol. The average molecular weight is 347 g/mol. The molecule has 21 heavy (non-hydrogen) atoms. The summed E-state index contributed by atoms with van der Waals surface area (Å²) in [7, 11) is 1.60. The molecule has 0 amide bonds. The first kappa shape index (κ1) is 16.2. The van der Waals surface area contributed by atoms with Crippen molar-refractivity contribution in [2.24, 2.45) is 0 Å². The zero-order valence-corrected chi connectivity index (χ0v) is 13.5. The van der Waals surface area contributed by atoms with E-state index in [-0.39, 0.29) is 0 Å². The van der Waals surface area contributed by atoms with Gasteiger partial charge in [0, 0.05) is 6.54 Å². The van der Waals surface area contributed by atoms with Crippen molar-refractivity contribution in [2.45, 2.75) is 6.10 Å². The van der Waals surface area contributed by atoms with Crippen molar-refractivity contribution in [3.63, 3.8) is 0 Å². The van der Waals surface area contributed by atoms with Crippen LogP contribution in [0.1, 0.15) is 11.7 Å². The van der Waals surface area contributed by atoms with Crippen LogP contribution >= 0.6 is 34.8 Å². The van der Waals surface area contributed by atoms with Gasteiger partial charge in [-0.05, 0) is 29.8 Å². The maximum absolute atomic E-state index is 10.2. The lowest BCUT2D eigenvalue weighted by Gasteiger charge is -2.15. The van der Waals surface area contributed by atoms with Gasteiger partial charge in [0.25, 0.3) is 0 Å². The Labute approximate surface area is 138 Å². The summed E-state index contributed by atoms with van der Waals surface area (Å²) in [6.07, 6.45) is -0.679. The summed E-state index contributed by atoms with van der Waals surface area (Å²) in [6, 6.07) is 10.4. The summed E-state index contributed by atoms with van der Waals surface area (Å²) in [5.41, 5.74) is 1.40. The standard InChI is InChI=1S/C15H14Cl3NO2/c1-21-10-4-2-9(3-5-10)15(20)8-19-14-7-12(17)11(16)6-13(14)18/h2-7,15,19-20H,8H2,1H3. The molecule has 0 heterocycles. The van der Waals surface area contributed by atoms with E-state index in [1.54, 1.807) is 31.4 Å². The SMILES string of the molecule is COc1ccc(C(O)CNc2cc(Cl)c(Cl)cc2Cl)cc1. The molecule has 0 bridgehead atoms. The third-order valence-electron chi connectivity index (χ3n) is 3.00. The van der Waals surface area contributed by atoms with Gasteiger partial charge in [-0.3, -0.25) is 0 Å². The molecule has 0 fully saturated rings. The molecule has 0 spiro atoms. The average Bonchev–Trinajstić information content (AvgIpc) is 2.49. The fraction of sp³-hybridized carbons (Fsp3) is 0.200. The van der Waals surface area contributed by atoms with Crippen molar-refractivity contribution in [3.05, 3.63) is 57.0 Å². The van der Waals surface area contributed by atoms with Crippen molar-refractivity contribution in [1.29, 1.82) is 0 Å². The molecule has 3 nitrogen and oxygen atoms in total. The topological polar surface area (TPSA) is 41.5 Å². The summed E-state index contributed by atoms with van der Waals surface area (Å²) in [6.45, 7) is 0.296. The van der Waals surface area contributed by atoms with Crippen LogP contribution in [0.2, 0.25) is 15.1 Å². The molecule has 2 N–H and O–H groups in total. The fourth-order valence-electron chi connectivity index (χ4n) is 1.81. The molecule has 0 saturated heterocycles. The summed E-state index contributed by atoms with van der Waals surface area (Å²) in [4.78, 5) is 0. The number of benzene rings is 2. The molecule has 0 saturated carbocycles. The van der Waals surface area contributed by atoms with E-state index in [1.165, 1.54) is 0 Å². The van der Waals surface area contributed by atoms with Crippen LogP contribution < -0.4 is 10.1 Å². The maximum Gasteiger partial charge on any atom is 0.118 e. The number of hydrogen-bond acceptors (Lipinski definition) is 3. The predicted octanol–water partition coefficient (Wildman–Crippen LogP) is 4.80. The van der Waals surface area contributed by atoms with Gasteiger partial charge in [-0.1, -0.05) is 46.9 Å². The quantitative estimate of drug-likeness (QED) is 0.764. The van der Waals surface area contributed by atoms with Crippen LogP contribution in [0.5, 0.6) is 5.75 Å². The molecule has 6 heteroatoms. The Kier molecular flexibility index (Phi) is 5.59. The lowest BCUT2D eigenvalue weighted by Crippen LogP contribution is -2.12. The molecule has 0 aliphatic carbocycles. The first-order chi connectivity index (χ1) is 10.0. The van der Waals surface area contributed by atoms with Crippen LogP contribution in [-0.2, 0) is 0 Å². The summed E-state index contributed by atoms with van der Waals surface area (Å²) in [5.74, 6) is 0.742. The number of ether oxygens (including phenoxy) is 1. The first-order valence-electron chi connectivity index (χ1n) is 6.21. The van der Waals surface area contributed by atoms with Gasteiger partial charge in [0.2, 0.25) is 0 Å². The first-order valence-corrected chi connectivity index (χ1v) is 7.35. The highest BCUT2D eigenvalue weighted by Crippen LogP contribution is 2.32. The molecule has 2 aromatic rings. The summed E-state index contributed by atoms with van der Waals surface area (Å²) in [5, 5.41) is 14.5. The number of nitrogens with one attached hydrogen (secondary N) is 1. The van der Waals surface area contributed by atoms with Gasteiger partial charge < -0.3 is 15.2 Å². The van der Waals surface area contributed by atoms with Crippen LogP contribution in [0.15, 0.2) is 36.4 Å². The normalized spacial score (nSPS) is 12.0. The minimum Gasteiger partial charge on any atom is -0.497 e. The number of rotatable bonds is 5. The van der Waals surface area contributed by atoms with Crippen LogP contribution in [-0.4, -0.2) is 18.8 Å².